The Morgan fingerprint density at radius 3 is 2.75 bits per heavy atom. The molecule has 1 N–H and O–H groups in total. The van der Waals surface area contributed by atoms with Gasteiger partial charge >= 0.3 is 0 Å². The quantitative estimate of drug-likeness (QED) is 0.535. The van der Waals surface area contributed by atoms with Gasteiger partial charge < -0.3 is 5.09 Å². The van der Waals surface area contributed by atoms with Crippen molar-refractivity contribution in [1.82, 2.24) is 5.09 Å². The summed E-state index contributed by atoms with van der Waals surface area (Å²) in [5, 5.41) is 3.96. The number of rotatable bonds is 4. The van der Waals surface area contributed by atoms with E-state index in [0.29, 0.717) is 0 Å². The predicted octanol–water partition coefficient (Wildman–Crippen LogP) is 2.05. The van der Waals surface area contributed by atoms with Crippen molar-refractivity contribution in [3.05, 3.63) is 12.3 Å². The van der Waals surface area contributed by atoms with Gasteiger partial charge in [0.25, 0.3) is 0 Å². The molecule has 48 valence electrons. The van der Waals surface area contributed by atoms with Crippen molar-refractivity contribution in [3.63, 3.8) is 0 Å². The van der Waals surface area contributed by atoms with Crippen LogP contribution in [0, 0.1) is 0 Å². The largest absolute Gasteiger partial charge is 0.373 e. The summed E-state index contributed by atoms with van der Waals surface area (Å²) in [5.74, 6) is 0. The van der Waals surface area contributed by atoms with E-state index in [1.807, 2.05) is 0 Å². The summed E-state index contributed by atoms with van der Waals surface area (Å²) in [4.78, 5) is 0. The number of nitrogens with one attached hydrogen (secondary N) is 1. The van der Waals surface area contributed by atoms with Crippen LogP contribution in [0.4, 0.5) is 0 Å². The van der Waals surface area contributed by atoms with Gasteiger partial charge in [-0.15, -0.1) is 0 Å². The monoisotopic (exact) mass is 195 g/mol. The number of alkyl halides is 1. The molecule has 0 heterocycles. The zero-order valence-electron chi connectivity index (χ0n) is 4.78. The fourth-order valence-corrected chi connectivity index (χ4v) is 0.777. The van der Waals surface area contributed by atoms with Gasteiger partial charge in [-0.1, -0.05) is 22.5 Å². The van der Waals surface area contributed by atoms with E-state index in [9.17, 15) is 0 Å². The van der Waals surface area contributed by atoms with Crippen molar-refractivity contribution in [3.8, 4) is 0 Å². The van der Waals surface area contributed by atoms with Crippen LogP contribution in [-0.2, 0) is 0 Å². The highest BCUT2D eigenvalue weighted by atomic mass is 79.9. The highest BCUT2D eigenvalue weighted by Crippen LogP contribution is 2.01. The van der Waals surface area contributed by atoms with Gasteiger partial charge in [0.1, 0.15) is 0 Å². The van der Waals surface area contributed by atoms with E-state index >= 15 is 0 Å². The molecule has 1 atom stereocenters. The van der Waals surface area contributed by atoms with E-state index < -0.39 is 0 Å². The van der Waals surface area contributed by atoms with Crippen molar-refractivity contribution < 1.29 is 0 Å². The number of halogens is 1. The van der Waals surface area contributed by atoms with Crippen molar-refractivity contribution in [1.29, 1.82) is 0 Å². The van der Waals surface area contributed by atoms with Crippen LogP contribution in [-0.4, -0.2) is 5.33 Å². The number of allylic oxidation sites excluding steroid dienone is 1. The molecule has 0 aliphatic heterocycles. The Bertz CT molecular complexity index is 74.8. The first-order valence-corrected chi connectivity index (χ1v) is 4.21. The van der Waals surface area contributed by atoms with E-state index in [0.717, 1.165) is 23.9 Å². The molecule has 0 spiro atoms. The molecule has 0 rings (SSSR count). The summed E-state index contributed by atoms with van der Waals surface area (Å²) in [7, 11) is 2.42. The fraction of sp³-hybridized carbons (Fsp3) is 0.600. The Morgan fingerprint density at radius 2 is 2.38 bits per heavy atom. The van der Waals surface area contributed by atoms with Crippen LogP contribution < -0.4 is 5.09 Å². The molecule has 0 amide bonds. The molecular weight excluding hydrogens is 185 g/mol. The minimum absolute atomic E-state index is 1.05. The minimum atomic E-state index is 1.05. The lowest BCUT2D eigenvalue weighted by Crippen LogP contribution is -1.95. The van der Waals surface area contributed by atoms with Crippen molar-refractivity contribution in [2.24, 2.45) is 0 Å². The second-order valence-corrected chi connectivity index (χ2v) is 2.62. The van der Waals surface area contributed by atoms with Gasteiger partial charge in [-0.25, -0.2) is 0 Å². The summed E-state index contributed by atoms with van der Waals surface area (Å²) < 4.78 is 0. The Balaban J connectivity index is 2.99. The third-order valence-electron chi connectivity index (χ3n) is 0.816. The summed E-state index contributed by atoms with van der Waals surface area (Å²) in [6.07, 6.45) is 2.20. The van der Waals surface area contributed by atoms with Crippen molar-refractivity contribution in [2.75, 3.05) is 5.33 Å². The maximum absolute atomic E-state index is 3.76. The van der Waals surface area contributed by atoms with E-state index in [4.69, 9.17) is 0 Å². The molecule has 1 nitrogen and oxygen atoms in total. The Morgan fingerprint density at radius 1 is 1.75 bits per heavy atom. The molecule has 0 aliphatic carbocycles. The number of hydrogen-bond acceptors (Lipinski definition) is 1. The molecule has 3 heteroatoms. The molecule has 0 saturated heterocycles. The lowest BCUT2D eigenvalue weighted by atomic mass is 10.3. The predicted molar refractivity (Wildman–Crippen MR) is 45.0 cm³/mol. The Labute approximate surface area is 61.3 Å². The maximum Gasteiger partial charge on any atom is 0.00624 e. The van der Waals surface area contributed by atoms with Gasteiger partial charge in [0.2, 0.25) is 0 Å². The molecule has 0 aromatic carbocycles. The molecule has 0 bridgehead atoms. The highest BCUT2D eigenvalue weighted by Gasteiger charge is 1.86. The van der Waals surface area contributed by atoms with Crippen LogP contribution in [0.15, 0.2) is 12.3 Å². The maximum atomic E-state index is 3.76. The zero-order valence-corrected chi connectivity index (χ0v) is 7.52. The summed E-state index contributed by atoms with van der Waals surface area (Å²) in [5.41, 5.74) is 1.08. The van der Waals surface area contributed by atoms with Gasteiger partial charge in [0.15, 0.2) is 0 Å². The molecular formula is C5H11BrNP. The smallest absolute Gasteiger partial charge is 0.00624 e. The first-order chi connectivity index (χ1) is 3.81. The Hall–Kier alpha value is 0.450. The molecule has 0 saturated carbocycles. The van der Waals surface area contributed by atoms with Crippen LogP contribution in [0.1, 0.15) is 12.8 Å². The summed E-state index contributed by atoms with van der Waals surface area (Å²) >= 11 is 3.33. The molecule has 0 aromatic rings. The molecule has 0 fully saturated rings. The first-order valence-electron chi connectivity index (χ1n) is 2.51. The van der Waals surface area contributed by atoms with Crippen molar-refractivity contribution >= 4 is 25.3 Å². The third kappa shape index (κ3) is 4.61. The fourth-order valence-electron chi connectivity index (χ4n) is 0.352. The first kappa shape index (κ1) is 8.45. The molecule has 0 radical (unpaired) electrons. The average Bonchev–Trinajstić information content (AvgIpc) is 1.83. The molecule has 1 unspecified atom stereocenters. The van der Waals surface area contributed by atoms with Crippen LogP contribution in [0.3, 0.4) is 0 Å². The average molecular weight is 196 g/mol. The standard InChI is InChI=1S/C5H11BrNP/c1-5(7-8)3-2-4-6/h7H,1-4,8H2. The van der Waals surface area contributed by atoms with Crippen LogP contribution in [0.5, 0.6) is 0 Å². The summed E-state index contributed by atoms with van der Waals surface area (Å²) in [6, 6.07) is 0. The van der Waals surface area contributed by atoms with Crippen LogP contribution >= 0.6 is 25.3 Å². The highest BCUT2D eigenvalue weighted by molar-refractivity contribution is 9.09. The van der Waals surface area contributed by atoms with E-state index in [-0.39, 0.29) is 0 Å². The minimum Gasteiger partial charge on any atom is -0.373 e. The van der Waals surface area contributed by atoms with E-state index in [1.165, 1.54) is 0 Å². The number of hydrogen-bond donors (Lipinski definition) is 1. The van der Waals surface area contributed by atoms with Crippen molar-refractivity contribution in [2.45, 2.75) is 12.8 Å². The Kier molecular flexibility index (Phi) is 5.90. The van der Waals surface area contributed by atoms with Gasteiger partial charge in [-0.2, -0.15) is 0 Å². The SMILES string of the molecule is C=C(CCCBr)NP. The second-order valence-electron chi connectivity index (χ2n) is 1.54. The molecule has 0 aliphatic rings. The second kappa shape index (κ2) is 5.58. The zero-order chi connectivity index (χ0) is 6.41. The van der Waals surface area contributed by atoms with Crippen LogP contribution in [0.25, 0.3) is 0 Å². The third-order valence-corrected chi connectivity index (χ3v) is 1.79. The topological polar surface area (TPSA) is 12.0 Å². The lowest BCUT2D eigenvalue weighted by Gasteiger charge is -1.99. The van der Waals surface area contributed by atoms with Gasteiger partial charge in [0.05, 0.1) is 0 Å². The normalized spacial score (nSPS) is 8.75. The van der Waals surface area contributed by atoms with E-state index in [1.54, 1.807) is 0 Å². The van der Waals surface area contributed by atoms with Gasteiger partial charge in [0, 0.05) is 11.0 Å². The summed E-state index contributed by atoms with van der Waals surface area (Å²) in [6.45, 7) is 3.76. The molecule has 0 aromatic heterocycles. The van der Waals surface area contributed by atoms with Gasteiger partial charge in [-0.05, 0) is 22.2 Å². The lowest BCUT2D eigenvalue weighted by molar-refractivity contribution is 0.891. The van der Waals surface area contributed by atoms with Crippen LogP contribution in [0.2, 0.25) is 0 Å². The van der Waals surface area contributed by atoms with Gasteiger partial charge in [-0.3, -0.25) is 0 Å². The molecule has 8 heavy (non-hydrogen) atoms. The van der Waals surface area contributed by atoms with E-state index in [2.05, 4.69) is 37.0 Å².